The molecule has 5 nitrogen and oxygen atoms in total. The average Bonchev–Trinajstić information content (AvgIpc) is 3.05. The molecule has 3 rings (SSSR count). The first-order chi connectivity index (χ1) is 11.7. The van der Waals surface area contributed by atoms with Crippen LogP contribution in [0.5, 0.6) is 0 Å². The van der Waals surface area contributed by atoms with Crippen LogP contribution in [0.4, 0.5) is 5.82 Å². The van der Waals surface area contributed by atoms with Gasteiger partial charge in [-0.25, -0.2) is 9.97 Å². The third kappa shape index (κ3) is 4.47. The van der Waals surface area contributed by atoms with E-state index >= 15 is 0 Å². The molecule has 3 aromatic rings. The quantitative estimate of drug-likeness (QED) is 0.724. The number of pyridine rings is 1. The van der Waals surface area contributed by atoms with E-state index in [2.05, 4.69) is 27.4 Å². The first-order valence-electron chi connectivity index (χ1n) is 7.65. The number of amides is 1. The van der Waals surface area contributed by atoms with Crippen LogP contribution in [-0.4, -0.2) is 15.9 Å². The van der Waals surface area contributed by atoms with E-state index in [0.29, 0.717) is 5.82 Å². The van der Waals surface area contributed by atoms with Crippen LogP contribution in [0.25, 0.3) is 0 Å². The monoisotopic (exact) mass is 338 g/mol. The SMILES string of the molecule is NC(Cc1ccccc1)c1nc(CC(=O)Nc2ccccn2)cs1. The smallest absolute Gasteiger partial charge is 0.231 e. The number of benzene rings is 1. The Labute approximate surface area is 144 Å². The summed E-state index contributed by atoms with van der Waals surface area (Å²) in [5.41, 5.74) is 8.14. The number of anilines is 1. The normalized spacial score (nSPS) is 11.9. The summed E-state index contributed by atoms with van der Waals surface area (Å²) >= 11 is 1.49. The molecular weight excluding hydrogens is 320 g/mol. The average molecular weight is 338 g/mol. The number of rotatable bonds is 6. The van der Waals surface area contributed by atoms with Crippen molar-refractivity contribution in [2.45, 2.75) is 18.9 Å². The summed E-state index contributed by atoms with van der Waals surface area (Å²) in [5, 5.41) is 5.49. The van der Waals surface area contributed by atoms with Gasteiger partial charge < -0.3 is 11.1 Å². The summed E-state index contributed by atoms with van der Waals surface area (Å²) in [7, 11) is 0. The van der Waals surface area contributed by atoms with Crippen LogP contribution < -0.4 is 11.1 Å². The second-order valence-electron chi connectivity index (χ2n) is 5.41. The fourth-order valence-electron chi connectivity index (χ4n) is 2.32. The van der Waals surface area contributed by atoms with Crippen molar-refractivity contribution in [1.82, 2.24) is 9.97 Å². The lowest BCUT2D eigenvalue weighted by atomic mass is 10.1. The Balaban J connectivity index is 1.58. The van der Waals surface area contributed by atoms with Gasteiger partial charge in [-0.1, -0.05) is 36.4 Å². The molecule has 0 aliphatic carbocycles. The molecule has 6 heteroatoms. The first-order valence-corrected chi connectivity index (χ1v) is 8.53. The molecule has 122 valence electrons. The Bertz CT molecular complexity index is 789. The van der Waals surface area contributed by atoms with Crippen LogP contribution >= 0.6 is 11.3 Å². The van der Waals surface area contributed by atoms with E-state index < -0.39 is 0 Å². The fourth-order valence-corrected chi connectivity index (χ4v) is 3.14. The van der Waals surface area contributed by atoms with Gasteiger partial charge >= 0.3 is 0 Å². The Hall–Kier alpha value is -2.57. The summed E-state index contributed by atoms with van der Waals surface area (Å²) in [6.45, 7) is 0. The Morgan fingerprint density at radius 3 is 2.71 bits per heavy atom. The van der Waals surface area contributed by atoms with E-state index in [0.717, 1.165) is 17.1 Å². The molecule has 1 atom stereocenters. The minimum absolute atomic E-state index is 0.137. The highest BCUT2D eigenvalue weighted by Crippen LogP contribution is 2.20. The zero-order chi connectivity index (χ0) is 16.8. The highest BCUT2D eigenvalue weighted by atomic mass is 32.1. The summed E-state index contributed by atoms with van der Waals surface area (Å²) in [5.74, 6) is 0.404. The maximum absolute atomic E-state index is 12.0. The van der Waals surface area contributed by atoms with Crippen molar-refractivity contribution in [3.8, 4) is 0 Å². The molecule has 0 aliphatic rings. The van der Waals surface area contributed by atoms with Gasteiger partial charge in [-0.3, -0.25) is 4.79 Å². The number of aromatic nitrogens is 2. The third-order valence-corrected chi connectivity index (χ3v) is 4.48. The van der Waals surface area contributed by atoms with Gasteiger partial charge in [-0.05, 0) is 24.1 Å². The minimum atomic E-state index is -0.162. The van der Waals surface area contributed by atoms with Crippen molar-refractivity contribution >= 4 is 23.1 Å². The van der Waals surface area contributed by atoms with E-state index in [9.17, 15) is 4.79 Å². The summed E-state index contributed by atoms with van der Waals surface area (Å²) in [4.78, 5) is 20.6. The maximum atomic E-state index is 12.0. The summed E-state index contributed by atoms with van der Waals surface area (Å²) in [6, 6.07) is 15.3. The van der Waals surface area contributed by atoms with Crippen LogP contribution in [0.15, 0.2) is 60.1 Å². The van der Waals surface area contributed by atoms with Crippen LogP contribution in [-0.2, 0) is 17.6 Å². The number of hydrogen-bond acceptors (Lipinski definition) is 5. The molecule has 0 bridgehead atoms. The second kappa shape index (κ2) is 7.81. The lowest BCUT2D eigenvalue weighted by Gasteiger charge is -2.08. The van der Waals surface area contributed by atoms with Crippen LogP contribution in [0.1, 0.15) is 22.3 Å². The molecule has 1 aromatic carbocycles. The number of carbonyl (C=O) groups is 1. The molecule has 0 saturated heterocycles. The van der Waals surface area contributed by atoms with Gasteiger partial charge in [0.25, 0.3) is 0 Å². The zero-order valence-electron chi connectivity index (χ0n) is 13.1. The van der Waals surface area contributed by atoms with Gasteiger partial charge in [0.15, 0.2) is 0 Å². The molecule has 0 aliphatic heterocycles. The predicted molar refractivity (Wildman–Crippen MR) is 95.8 cm³/mol. The van der Waals surface area contributed by atoms with E-state index in [1.807, 2.05) is 29.6 Å². The van der Waals surface area contributed by atoms with Gasteiger partial charge in [0, 0.05) is 11.6 Å². The van der Waals surface area contributed by atoms with Crippen molar-refractivity contribution in [2.24, 2.45) is 5.73 Å². The molecular formula is C18H18N4OS. The fraction of sp³-hybridized carbons (Fsp3) is 0.167. The molecule has 0 spiro atoms. The third-order valence-electron chi connectivity index (χ3n) is 3.46. The summed E-state index contributed by atoms with van der Waals surface area (Å²) in [6.07, 6.45) is 2.58. The van der Waals surface area contributed by atoms with Crippen molar-refractivity contribution in [3.05, 3.63) is 76.4 Å². The Kier molecular flexibility index (Phi) is 5.30. The highest BCUT2D eigenvalue weighted by molar-refractivity contribution is 7.09. The molecule has 0 fully saturated rings. The maximum Gasteiger partial charge on any atom is 0.231 e. The number of nitrogens with one attached hydrogen (secondary N) is 1. The first kappa shape index (κ1) is 16.3. The molecule has 0 radical (unpaired) electrons. The van der Waals surface area contributed by atoms with Gasteiger partial charge in [-0.2, -0.15) is 0 Å². The van der Waals surface area contributed by atoms with Crippen molar-refractivity contribution in [3.63, 3.8) is 0 Å². The number of thiazole rings is 1. The highest BCUT2D eigenvalue weighted by Gasteiger charge is 2.14. The van der Waals surface area contributed by atoms with Crippen molar-refractivity contribution in [1.29, 1.82) is 0 Å². The largest absolute Gasteiger partial charge is 0.322 e. The van der Waals surface area contributed by atoms with Crippen LogP contribution in [0, 0.1) is 0 Å². The molecule has 0 saturated carbocycles. The minimum Gasteiger partial charge on any atom is -0.322 e. The lowest BCUT2D eigenvalue weighted by molar-refractivity contribution is -0.115. The van der Waals surface area contributed by atoms with Gasteiger partial charge in [0.1, 0.15) is 10.8 Å². The number of nitrogens with two attached hydrogens (primary N) is 1. The summed E-state index contributed by atoms with van der Waals surface area (Å²) < 4.78 is 0. The number of carbonyl (C=O) groups excluding carboxylic acids is 1. The lowest BCUT2D eigenvalue weighted by Crippen LogP contribution is -2.16. The topological polar surface area (TPSA) is 80.9 Å². The van der Waals surface area contributed by atoms with E-state index in [-0.39, 0.29) is 18.4 Å². The Morgan fingerprint density at radius 1 is 1.17 bits per heavy atom. The standard InChI is InChI=1S/C18H18N4OS/c19-15(10-13-6-2-1-3-7-13)18-21-14(12-24-18)11-17(23)22-16-8-4-5-9-20-16/h1-9,12,15H,10-11,19H2,(H,20,22,23). The number of nitrogens with zero attached hydrogens (tertiary/aromatic N) is 2. The van der Waals surface area contributed by atoms with Crippen molar-refractivity contribution in [2.75, 3.05) is 5.32 Å². The Morgan fingerprint density at radius 2 is 1.96 bits per heavy atom. The van der Waals surface area contributed by atoms with Crippen LogP contribution in [0.2, 0.25) is 0 Å². The zero-order valence-corrected chi connectivity index (χ0v) is 13.9. The molecule has 1 amide bonds. The van der Waals surface area contributed by atoms with Gasteiger partial charge in [0.2, 0.25) is 5.91 Å². The second-order valence-corrected chi connectivity index (χ2v) is 6.30. The van der Waals surface area contributed by atoms with E-state index in [1.165, 1.54) is 16.9 Å². The van der Waals surface area contributed by atoms with Gasteiger partial charge in [0.05, 0.1) is 18.2 Å². The number of hydrogen-bond donors (Lipinski definition) is 2. The molecule has 2 heterocycles. The van der Waals surface area contributed by atoms with E-state index in [4.69, 9.17) is 5.73 Å². The van der Waals surface area contributed by atoms with Crippen molar-refractivity contribution < 1.29 is 4.79 Å². The predicted octanol–water partition coefficient (Wildman–Crippen LogP) is 2.96. The molecule has 1 unspecified atom stereocenters. The molecule has 24 heavy (non-hydrogen) atoms. The molecule has 2 aromatic heterocycles. The van der Waals surface area contributed by atoms with E-state index in [1.54, 1.807) is 18.3 Å². The van der Waals surface area contributed by atoms with Crippen LogP contribution in [0.3, 0.4) is 0 Å². The molecule has 3 N–H and O–H groups in total. The van der Waals surface area contributed by atoms with Gasteiger partial charge in [-0.15, -0.1) is 11.3 Å².